The van der Waals surface area contributed by atoms with E-state index in [0.29, 0.717) is 5.69 Å². The van der Waals surface area contributed by atoms with Crippen molar-refractivity contribution in [1.82, 2.24) is 9.97 Å². The molecule has 0 amide bonds. The normalized spacial score (nSPS) is 10.3. The van der Waals surface area contributed by atoms with E-state index in [1.165, 1.54) is 12.3 Å². The summed E-state index contributed by atoms with van der Waals surface area (Å²) in [6.07, 6.45) is 1.51. The van der Waals surface area contributed by atoms with Crippen LogP contribution >= 0.6 is 0 Å². The summed E-state index contributed by atoms with van der Waals surface area (Å²) in [5.74, 6) is -1.12. The van der Waals surface area contributed by atoms with Crippen molar-refractivity contribution in [3.63, 3.8) is 0 Å². The van der Waals surface area contributed by atoms with Crippen molar-refractivity contribution in [3.8, 4) is 0 Å². The molecule has 4 nitrogen and oxygen atoms in total. The van der Waals surface area contributed by atoms with Crippen molar-refractivity contribution >= 4 is 11.6 Å². The van der Waals surface area contributed by atoms with Crippen molar-refractivity contribution in [3.05, 3.63) is 47.8 Å². The maximum absolute atomic E-state index is 13.3. The van der Waals surface area contributed by atoms with Crippen LogP contribution in [0.5, 0.6) is 0 Å². The number of nitrogens with one attached hydrogen (secondary N) is 1. The third-order valence-electron chi connectivity index (χ3n) is 2.10. The van der Waals surface area contributed by atoms with E-state index in [0.717, 1.165) is 12.1 Å². The van der Waals surface area contributed by atoms with E-state index in [1.54, 1.807) is 6.07 Å². The van der Waals surface area contributed by atoms with Crippen molar-refractivity contribution in [2.24, 2.45) is 5.73 Å². The Labute approximate surface area is 96.5 Å². The van der Waals surface area contributed by atoms with E-state index >= 15 is 0 Å². The molecular formula is C11H10F2N4. The zero-order valence-corrected chi connectivity index (χ0v) is 8.82. The van der Waals surface area contributed by atoms with Crippen LogP contribution in [-0.4, -0.2) is 9.97 Å². The van der Waals surface area contributed by atoms with Gasteiger partial charge in [0, 0.05) is 18.8 Å². The second-order valence-electron chi connectivity index (χ2n) is 3.32. The summed E-state index contributed by atoms with van der Waals surface area (Å²) in [6.45, 7) is 0.267. The zero-order valence-electron chi connectivity index (χ0n) is 8.82. The van der Waals surface area contributed by atoms with Gasteiger partial charge in [-0.3, -0.25) is 0 Å². The lowest BCUT2D eigenvalue weighted by atomic mass is 10.3. The van der Waals surface area contributed by atoms with Crippen LogP contribution < -0.4 is 11.1 Å². The maximum Gasteiger partial charge on any atom is 0.227 e. The molecule has 0 saturated carbocycles. The average molecular weight is 236 g/mol. The van der Waals surface area contributed by atoms with Crippen LogP contribution in [0.15, 0.2) is 30.5 Å². The van der Waals surface area contributed by atoms with Gasteiger partial charge in [-0.15, -0.1) is 0 Å². The molecule has 1 aromatic heterocycles. The highest BCUT2D eigenvalue weighted by molar-refractivity contribution is 5.53. The number of benzene rings is 1. The third kappa shape index (κ3) is 2.73. The van der Waals surface area contributed by atoms with Crippen LogP contribution in [0.4, 0.5) is 20.4 Å². The van der Waals surface area contributed by atoms with Crippen LogP contribution in [0.25, 0.3) is 0 Å². The van der Waals surface area contributed by atoms with E-state index in [9.17, 15) is 8.78 Å². The lowest BCUT2D eigenvalue weighted by Crippen LogP contribution is -2.04. The van der Waals surface area contributed by atoms with Crippen LogP contribution in [0.3, 0.4) is 0 Å². The summed E-state index contributed by atoms with van der Waals surface area (Å²) >= 11 is 0. The van der Waals surface area contributed by atoms with Crippen molar-refractivity contribution in [2.75, 3.05) is 5.32 Å². The Morgan fingerprint density at radius 1 is 1.24 bits per heavy atom. The second kappa shape index (κ2) is 4.84. The molecule has 2 aromatic rings. The van der Waals surface area contributed by atoms with Gasteiger partial charge in [-0.1, -0.05) is 0 Å². The number of hydrogen-bond donors (Lipinski definition) is 2. The number of nitrogens with two attached hydrogens (primary N) is 1. The van der Waals surface area contributed by atoms with Crippen LogP contribution in [-0.2, 0) is 6.54 Å². The first-order chi connectivity index (χ1) is 8.19. The fourth-order valence-electron chi connectivity index (χ4n) is 1.28. The monoisotopic (exact) mass is 236 g/mol. The molecule has 17 heavy (non-hydrogen) atoms. The lowest BCUT2D eigenvalue weighted by Gasteiger charge is -2.06. The van der Waals surface area contributed by atoms with E-state index < -0.39 is 11.6 Å². The molecule has 0 unspecified atom stereocenters. The topological polar surface area (TPSA) is 63.8 Å². The Morgan fingerprint density at radius 3 is 2.76 bits per heavy atom. The molecule has 0 atom stereocenters. The maximum atomic E-state index is 13.3. The molecule has 0 aliphatic rings. The SMILES string of the molecule is NCc1ccnc(Nc2ccc(F)cc2F)n1. The Balaban J connectivity index is 2.25. The van der Waals surface area contributed by atoms with E-state index in [4.69, 9.17) is 5.73 Å². The third-order valence-corrected chi connectivity index (χ3v) is 2.10. The van der Waals surface area contributed by atoms with Gasteiger partial charge < -0.3 is 11.1 Å². The highest BCUT2D eigenvalue weighted by Gasteiger charge is 2.05. The molecule has 1 heterocycles. The molecule has 2 rings (SSSR count). The van der Waals surface area contributed by atoms with E-state index in [2.05, 4.69) is 15.3 Å². The first kappa shape index (κ1) is 11.4. The second-order valence-corrected chi connectivity index (χ2v) is 3.32. The molecular weight excluding hydrogens is 226 g/mol. The molecule has 0 radical (unpaired) electrons. The number of rotatable bonds is 3. The van der Waals surface area contributed by atoms with Crippen LogP contribution in [0.2, 0.25) is 0 Å². The summed E-state index contributed by atoms with van der Waals surface area (Å²) in [4.78, 5) is 7.95. The Bertz CT molecular complexity index is 531. The number of anilines is 2. The summed E-state index contributed by atoms with van der Waals surface area (Å²) in [5.41, 5.74) is 6.16. The summed E-state index contributed by atoms with van der Waals surface area (Å²) in [6, 6.07) is 4.88. The average Bonchev–Trinajstić information content (AvgIpc) is 2.33. The molecule has 1 aromatic carbocycles. The fourth-order valence-corrected chi connectivity index (χ4v) is 1.28. The lowest BCUT2D eigenvalue weighted by molar-refractivity contribution is 0.586. The fraction of sp³-hybridized carbons (Fsp3) is 0.0909. The molecule has 6 heteroatoms. The minimum absolute atomic E-state index is 0.112. The van der Waals surface area contributed by atoms with E-state index in [1.807, 2.05) is 0 Å². The van der Waals surface area contributed by atoms with Crippen molar-refractivity contribution < 1.29 is 8.78 Å². The standard InChI is InChI=1S/C11H10F2N4/c12-7-1-2-10(9(13)5-7)17-11-15-4-3-8(6-14)16-11/h1-5H,6,14H2,(H,15,16,17). The largest absolute Gasteiger partial charge is 0.325 e. The van der Waals surface area contributed by atoms with Gasteiger partial charge in [0.25, 0.3) is 0 Å². The smallest absolute Gasteiger partial charge is 0.227 e. The Hall–Kier alpha value is -2.08. The number of aromatic nitrogens is 2. The predicted molar refractivity (Wildman–Crippen MR) is 59.6 cm³/mol. The summed E-state index contributed by atoms with van der Waals surface area (Å²) < 4.78 is 26.0. The highest BCUT2D eigenvalue weighted by Crippen LogP contribution is 2.18. The summed E-state index contributed by atoms with van der Waals surface area (Å²) in [7, 11) is 0. The number of halogens is 2. The van der Waals surface area contributed by atoms with Crippen LogP contribution in [0, 0.1) is 11.6 Å². The van der Waals surface area contributed by atoms with Crippen molar-refractivity contribution in [1.29, 1.82) is 0 Å². The predicted octanol–water partition coefficient (Wildman–Crippen LogP) is 1.96. The first-order valence-corrected chi connectivity index (χ1v) is 4.93. The van der Waals surface area contributed by atoms with Gasteiger partial charge in [-0.2, -0.15) is 0 Å². The Morgan fingerprint density at radius 2 is 2.06 bits per heavy atom. The zero-order chi connectivity index (χ0) is 12.3. The molecule has 0 fully saturated rings. The van der Waals surface area contributed by atoms with Gasteiger partial charge in [0.05, 0.1) is 11.4 Å². The van der Waals surface area contributed by atoms with Gasteiger partial charge in [-0.25, -0.2) is 18.7 Å². The Kier molecular flexibility index (Phi) is 3.24. The molecule has 0 spiro atoms. The van der Waals surface area contributed by atoms with Gasteiger partial charge in [0.15, 0.2) is 0 Å². The molecule has 3 N–H and O–H groups in total. The molecule has 0 aliphatic carbocycles. The van der Waals surface area contributed by atoms with Crippen molar-refractivity contribution in [2.45, 2.75) is 6.54 Å². The minimum atomic E-state index is -0.702. The quantitative estimate of drug-likeness (QED) is 0.855. The van der Waals surface area contributed by atoms with Crippen LogP contribution in [0.1, 0.15) is 5.69 Å². The first-order valence-electron chi connectivity index (χ1n) is 4.93. The molecule has 0 bridgehead atoms. The summed E-state index contributed by atoms with van der Waals surface area (Å²) in [5, 5.41) is 2.65. The van der Waals surface area contributed by atoms with Gasteiger partial charge in [0.1, 0.15) is 11.6 Å². The minimum Gasteiger partial charge on any atom is -0.325 e. The van der Waals surface area contributed by atoms with E-state index in [-0.39, 0.29) is 18.2 Å². The highest BCUT2D eigenvalue weighted by atomic mass is 19.1. The molecule has 0 aliphatic heterocycles. The molecule has 88 valence electrons. The van der Waals surface area contributed by atoms with Gasteiger partial charge >= 0.3 is 0 Å². The molecule has 0 saturated heterocycles. The van der Waals surface area contributed by atoms with Gasteiger partial charge in [0.2, 0.25) is 5.95 Å². The number of hydrogen-bond acceptors (Lipinski definition) is 4. The van der Waals surface area contributed by atoms with Gasteiger partial charge in [-0.05, 0) is 18.2 Å². The number of nitrogens with zero attached hydrogens (tertiary/aromatic N) is 2.